The predicted molar refractivity (Wildman–Crippen MR) is 70.9 cm³/mol. The lowest BCUT2D eigenvalue weighted by molar-refractivity contribution is 0.0595. The number of esters is 1. The fourth-order valence-corrected chi connectivity index (χ4v) is 2.51. The van der Waals surface area contributed by atoms with Gasteiger partial charge in [0.2, 0.25) is 0 Å². The largest absolute Gasteiger partial charge is 0.465 e. The molecular formula is C14H20N2O3. The van der Waals surface area contributed by atoms with Crippen molar-refractivity contribution in [2.75, 3.05) is 20.8 Å². The summed E-state index contributed by atoms with van der Waals surface area (Å²) < 4.78 is 10.4. The Morgan fingerprint density at radius 3 is 3.05 bits per heavy atom. The molecule has 0 aromatic carbocycles. The van der Waals surface area contributed by atoms with Gasteiger partial charge in [-0.15, -0.1) is 0 Å². The second kappa shape index (κ2) is 6.12. The second-order valence-corrected chi connectivity index (χ2v) is 4.84. The number of pyridine rings is 1. The molecule has 1 aliphatic rings. The van der Waals surface area contributed by atoms with Crippen LogP contribution >= 0.6 is 0 Å². The number of aromatic nitrogens is 1. The molecule has 0 bridgehead atoms. The number of rotatable bonds is 4. The van der Waals surface area contributed by atoms with Crippen molar-refractivity contribution in [1.82, 2.24) is 9.88 Å². The van der Waals surface area contributed by atoms with Gasteiger partial charge in [0.05, 0.1) is 24.5 Å². The summed E-state index contributed by atoms with van der Waals surface area (Å²) >= 11 is 0. The molecule has 1 aliphatic heterocycles. The molecule has 0 saturated carbocycles. The van der Waals surface area contributed by atoms with E-state index in [1.807, 2.05) is 7.05 Å². The Hall–Kier alpha value is -1.46. The van der Waals surface area contributed by atoms with Gasteiger partial charge in [0.15, 0.2) is 0 Å². The van der Waals surface area contributed by atoms with E-state index in [9.17, 15) is 4.79 Å². The van der Waals surface area contributed by atoms with Crippen LogP contribution in [0.25, 0.3) is 0 Å². The molecule has 2 heterocycles. The summed E-state index contributed by atoms with van der Waals surface area (Å²) in [5.74, 6) is -0.341. The van der Waals surface area contributed by atoms with Crippen molar-refractivity contribution in [1.29, 1.82) is 0 Å². The van der Waals surface area contributed by atoms with E-state index in [1.165, 1.54) is 7.11 Å². The molecular weight excluding hydrogens is 244 g/mol. The molecule has 0 aliphatic carbocycles. The lowest BCUT2D eigenvalue weighted by Gasteiger charge is -2.26. The van der Waals surface area contributed by atoms with Crippen molar-refractivity contribution in [3.8, 4) is 0 Å². The maximum Gasteiger partial charge on any atom is 0.339 e. The number of hydrogen-bond donors (Lipinski definition) is 0. The van der Waals surface area contributed by atoms with Crippen LogP contribution in [0.15, 0.2) is 18.3 Å². The van der Waals surface area contributed by atoms with Crippen LogP contribution in [0.5, 0.6) is 0 Å². The fourth-order valence-electron chi connectivity index (χ4n) is 2.51. The van der Waals surface area contributed by atoms with Gasteiger partial charge in [-0.3, -0.25) is 9.88 Å². The molecule has 2 atom stereocenters. The molecule has 104 valence electrons. The molecule has 2 rings (SSSR count). The molecule has 5 heteroatoms. The number of carbonyl (C=O) groups is 1. The highest BCUT2D eigenvalue weighted by Gasteiger charge is 2.28. The van der Waals surface area contributed by atoms with E-state index >= 15 is 0 Å². The third kappa shape index (κ3) is 3.11. The molecule has 0 radical (unpaired) electrons. The summed E-state index contributed by atoms with van der Waals surface area (Å²) in [5, 5.41) is 0. The summed E-state index contributed by atoms with van der Waals surface area (Å²) in [4.78, 5) is 18.2. The molecule has 0 N–H and O–H groups in total. The first kappa shape index (κ1) is 14.0. The minimum Gasteiger partial charge on any atom is -0.465 e. The van der Waals surface area contributed by atoms with Gasteiger partial charge in [0, 0.05) is 25.4 Å². The van der Waals surface area contributed by atoms with Gasteiger partial charge in [-0.2, -0.15) is 0 Å². The molecule has 1 aromatic rings. The minimum absolute atomic E-state index is 0.218. The van der Waals surface area contributed by atoms with E-state index in [4.69, 9.17) is 9.47 Å². The zero-order chi connectivity index (χ0) is 13.8. The molecule has 1 saturated heterocycles. The molecule has 1 fully saturated rings. The molecule has 5 nitrogen and oxygen atoms in total. The number of methoxy groups -OCH3 is 1. The lowest BCUT2D eigenvalue weighted by atomic mass is 10.1. The van der Waals surface area contributed by atoms with Crippen molar-refractivity contribution in [2.45, 2.75) is 32.0 Å². The van der Waals surface area contributed by atoms with E-state index in [0.717, 1.165) is 18.7 Å². The zero-order valence-corrected chi connectivity index (χ0v) is 11.6. The van der Waals surface area contributed by atoms with Crippen LogP contribution in [0.1, 0.15) is 29.4 Å². The van der Waals surface area contributed by atoms with Crippen LogP contribution in [0.4, 0.5) is 0 Å². The SMILES string of the molecule is COC(=O)c1cccnc1CN(C)C1CCOC1C. The van der Waals surface area contributed by atoms with Crippen molar-refractivity contribution in [3.05, 3.63) is 29.6 Å². The molecule has 0 amide bonds. The van der Waals surface area contributed by atoms with Crippen molar-refractivity contribution in [2.24, 2.45) is 0 Å². The van der Waals surface area contributed by atoms with Gasteiger partial charge < -0.3 is 9.47 Å². The average molecular weight is 264 g/mol. The molecule has 2 unspecified atom stereocenters. The third-order valence-corrected chi connectivity index (χ3v) is 3.60. The average Bonchev–Trinajstić information content (AvgIpc) is 2.85. The van der Waals surface area contributed by atoms with Crippen LogP contribution < -0.4 is 0 Å². The molecule has 19 heavy (non-hydrogen) atoms. The Morgan fingerprint density at radius 1 is 1.63 bits per heavy atom. The Kier molecular flexibility index (Phi) is 4.50. The number of ether oxygens (including phenoxy) is 2. The smallest absolute Gasteiger partial charge is 0.339 e. The summed E-state index contributed by atoms with van der Waals surface area (Å²) in [6.45, 7) is 3.49. The Bertz CT molecular complexity index is 450. The van der Waals surface area contributed by atoms with Crippen LogP contribution in [0.3, 0.4) is 0 Å². The lowest BCUT2D eigenvalue weighted by Crippen LogP contribution is -2.36. The summed E-state index contributed by atoms with van der Waals surface area (Å²) in [5.41, 5.74) is 1.28. The maximum absolute atomic E-state index is 11.7. The number of nitrogens with zero attached hydrogens (tertiary/aromatic N) is 2. The Morgan fingerprint density at radius 2 is 2.42 bits per heavy atom. The summed E-state index contributed by atoms with van der Waals surface area (Å²) in [6.07, 6.45) is 2.93. The van der Waals surface area contributed by atoms with Crippen molar-refractivity contribution < 1.29 is 14.3 Å². The summed E-state index contributed by atoms with van der Waals surface area (Å²) in [6, 6.07) is 3.86. The summed E-state index contributed by atoms with van der Waals surface area (Å²) in [7, 11) is 3.42. The van der Waals surface area contributed by atoms with Gasteiger partial charge in [-0.25, -0.2) is 4.79 Å². The molecule has 0 spiro atoms. The monoisotopic (exact) mass is 264 g/mol. The number of hydrogen-bond acceptors (Lipinski definition) is 5. The van der Waals surface area contributed by atoms with E-state index in [1.54, 1.807) is 18.3 Å². The van der Waals surface area contributed by atoms with Crippen molar-refractivity contribution in [3.63, 3.8) is 0 Å². The third-order valence-electron chi connectivity index (χ3n) is 3.60. The first-order valence-corrected chi connectivity index (χ1v) is 6.47. The Balaban J connectivity index is 2.12. The quantitative estimate of drug-likeness (QED) is 0.771. The highest BCUT2D eigenvalue weighted by molar-refractivity contribution is 5.90. The van der Waals surface area contributed by atoms with Crippen molar-refractivity contribution >= 4 is 5.97 Å². The van der Waals surface area contributed by atoms with E-state index in [-0.39, 0.29) is 12.1 Å². The number of likely N-dealkylation sites (N-methyl/N-ethyl adjacent to an activating group) is 1. The van der Waals surface area contributed by atoms with Crippen LogP contribution in [-0.2, 0) is 16.0 Å². The topological polar surface area (TPSA) is 51.7 Å². The van der Waals surface area contributed by atoms with Gasteiger partial charge in [0.1, 0.15) is 0 Å². The minimum atomic E-state index is -0.341. The van der Waals surface area contributed by atoms with Gasteiger partial charge >= 0.3 is 5.97 Å². The number of carbonyl (C=O) groups excluding carboxylic acids is 1. The van der Waals surface area contributed by atoms with Gasteiger partial charge in [-0.05, 0) is 32.5 Å². The first-order chi connectivity index (χ1) is 9.13. The predicted octanol–water partition coefficient (Wildman–Crippen LogP) is 1.48. The van der Waals surface area contributed by atoms with Gasteiger partial charge in [-0.1, -0.05) is 0 Å². The highest BCUT2D eigenvalue weighted by atomic mass is 16.5. The molecule has 1 aromatic heterocycles. The standard InChI is InChI=1S/C14H20N2O3/c1-10-13(6-8-19-10)16(2)9-12-11(14(17)18-3)5-4-7-15-12/h4-5,7,10,13H,6,8-9H2,1-3H3. The first-order valence-electron chi connectivity index (χ1n) is 6.47. The second-order valence-electron chi connectivity index (χ2n) is 4.84. The Labute approximate surface area is 113 Å². The maximum atomic E-state index is 11.7. The fraction of sp³-hybridized carbons (Fsp3) is 0.571. The highest BCUT2D eigenvalue weighted by Crippen LogP contribution is 2.20. The van der Waals surface area contributed by atoms with Crippen LogP contribution in [0.2, 0.25) is 0 Å². The van der Waals surface area contributed by atoms with E-state index in [2.05, 4.69) is 16.8 Å². The van der Waals surface area contributed by atoms with Gasteiger partial charge in [0.25, 0.3) is 0 Å². The normalized spacial score (nSPS) is 22.7. The van der Waals surface area contributed by atoms with E-state index in [0.29, 0.717) is 18.2 Å². The van der Waals surface area contributed by atoms with E-state index < -0.39 is 0 Å². The van der Waals surface area contributed by atoms with Crippen LogP contribution in [-0.4, -0.2) is 48.8 Å². The van der Waals surface area contributed by atoms with Crippen LogP contribution in [0, 0.1) is 0 Å². The zero-order valence-electron chi connectivity index (χ0n) is 11.6.